The van der Waals surface area contributed by atoms with Crippen LogP contribution in [0, 0.1) is 6.92 Å². The fraction of sp³-hybridized carbons (Fsp3) is 0.455. The van der Waals surface area contributed by atoms with Gasteiger partial charge in [0.2, 0.25) is 10.0 Å². The van der Waals surface area contributed by atoms with E-state index in [4.69, 9.17) is 17.3 Å². The van der Waals surface area contributed by atoms with Crippen LogP contribution in [0.15, 0.2) is 17.0 Å². The number of aryl methyl sites for hydroxylation is 1. The first-order valence-electron chi connectivity index (χ1n) is 5.48. The smallest absolute Gasteiger partial charge is 0.240 e. The summed E-state index contributed by atoms with van der Waals surface area (Å²) in [7, 11) is -3.47. The molecule has 0 spiro atoms. The number of anilines is 1. The zero-order chi connectivity index (χ0) is 12.6. The highest BCUT2D eigenvalue weighted by Gasteiger charge is 2.25. The second-order valence-corrected chi connectivity index (χ2v) is 6.48. The molecule has 6 heteroatoms. The maximum atomic E-state index is 12.0. The van der Waals surface area contributed by atoms with Crippen LogP contribution in [0.4, 0.5) is 5.69 Å². The van der Waals surface area contributed by atoms with E-state index in [0.29, 0.717) is 16.3 Å². The van der Waals surface area contributed by atoms with Gasteiger partial charge in [0.15, 0.2) is 0 Å². The van der Waals surface area contributed by atoms with E-state index in [-0.39, 0.29) is 10.9 Å². The van der Waals surface area contributed by atoms with Crippen molar-refractivity contribution < 1.29 is 8.42 Å². The Bertz CT molecular complexity index is 515. The average Bonchev–Trinajstić information content (AvgIpc) is 2.19. The van der Waals surface area contributed by atoms with E-state index in [1.54, 1.807) is 13.0 Å². The van der Waals surface area contributed by atoms with Gasteiger partial charge in [-0.1, -0.05) is 18.0 Å². The lowest BCUT2D eigenvalue weighted by atomic mass is 9.94. The van der Waals surface area contributed by atoms with E-state index < -0.39 is 10.0 Å². The number of sulfonamides is 1. The number of nitrogens with two attached hydrogens (primary N) is 1. The van der Waals surface area contributed by atoms with Crippen LogP contribution in [-0.2, 0) is 10.0 Å². The molecule has 0 amide bonds. The van der Waals surface area contributed by atoms with E-state index in [9.17, 15) is 8.42 Å². The second kappa shape index (κ2) is 4.48. The molecule has 17 heavy (non-hydrogen) atoms. The number of halogens is 1. The second-order valence-electron chi connectivity index (χ2n) is 4.39. The van der Waals surface area contributed by atoms with Crippen molar-refractivity contribution in [3.63, 3.8) is 0 Å². The number of nitrogen functional groups attached to an aromatic ring is 1. The van der Waals surface area contributed by atoms with Crippen molar-refractivity contribution in [3.8, 4) is 0 Å². The Labute approximate surface area is 106 Å². The Morgan fingerprint density at radius 3 is 2.53 bits per heavy atom. The van der Waals surface area contributed by atoms with Gasteiger partial charge in [0.25, 0.3) is 0 Å². The molecule has 1 saturated carbocycles. The van der Waals surface area contributed by atoms with E-state index in [2.05, 4.69) is 4.72 Å². The normalized spacial score (nSPS) is 16.8. The minimum absolute atomic E-state index is 0.0669. The van der Waals surface area contributed by atoms with Gasteiger partial charge in [0, 0.05) is 6.04 Å². The van der Waals surface area contributed by atoms with Crippen LogP contribution in [0.3, 0.4) is 0 Å². The molecule has 0 saturated heterocycles. The first-order chi connectivity index (χ1) is 7.90. The number of hydrogen-bond donors (Lipinski definition) is 2. The highest BCUT2D eigenvalue weighted by atomic mass is 35.5. The Morgan fingerprint density at radius 1 is 1.41 bits per heavy atom. The predicted octanol–water partition coefficient (Wildman–Crippen LogP) is 2.06. The van der Waals surface area contributed by atoms with Crippen molar-refractivity contribution in [2.45, 2.75) is 37.1 Å². The number of rotatable bonds is 3. The molecule has 0 bridgehead atoms. The van der Waals surface area contributed by atoms with Gasteiger partial charge in [0.1, 0.15) is 0 Å². The molecule has 1 fully saturated rings. The molecule has 0 radical (unpaired) electrons. The van der Waals surface area contributed by atoms with Crippen molar-refractivity contribution in [1.29, 1.82) is 0 Å². The van der Waals surface area contributed by atoms with Gasteiger partial charge in [-0.3, -0.25) is 0 Å². The Hall–Kier alpha value is -0.780. The van der Waals surface area contributed by atoms with Crippen LogP contribution < -0.4 is 10.5 Å². The van der Waals surface area contributed by atoms with Gasteiger partial charge in [0.05, 0.1) is 15.6 Å². The van der Waals surface area contributed by atoms with Crippen LogP contribution in [0.5, 0.6) is 0 Å². The summed E-state index contributed by atoms with van der Waals surface area (Å²) in [6, 6.07) is 3.01. The van der Waals surface area contributed by atoms with Gasteiger partial charge < -0.3 is 5.73 Å². The molecule has 1 aliphatic rings. The average molecular weight is 275 g/mol. The third kappa shape index (κ3) is 2.56. The molecule has 94 valence electrons. The van der Waals surface area contributed by atoms with Crippen LogP contribution >= 0.6 is 11.6 Å². The molecule has 0 unspecified atom stereocenters. The summed E-state index contributed by atoms with van der Waals surface area (Å²) in [5.41, 5.74) is 6.63. The van der Waals surface area contributed by atoms with Gasteiger partial charge in [-0.15, -0.1) is 0 Å². The van der Waals surface area contributed by atoms with Crippen molar-refractivity contribution in [2.75, 3.05) is 5.73 Å². The molecule has 1 aliphatic carbocycles. The van der Waals surface area contributed by atoms with Gasteiger partial charge in [-0.05, 0) is 37.5 Å². The first kappa shape index (κ1) is 12.7. The van der Waals surface area contributed by atoms with Gasteiger partial charge in [-0.25, -0.2) is 13.1 Å². The zero-order valence-corrected chi connectivity index (χ0v) is 11.1. The van der Waals surface area contributed by atoms with Crippen molar-refractivity contribution >= 4 is 27.3 Å². The zero-order valence-electron chi connectivity index (χ0n) is 9.53. The number of hydrogen-bond acceptors (Lipinski definition) is 3. The number of nitrogens with one attached hydrogen (secondary N) is 1. The quantitative estimate of drug-likeness (QED) is 0.829. The standard InChI is InChI=1S/C11H15ClN2O2S/c1-7-5-9(6-10(13)11(7)12)17(15,16)14-8-3-2-4-8/h5-6,8,14H,2-4,13H2,1H3. The molecular formula is C11H15ClN2O2S. The summed E-state index contributed by atoms with van der Waals surface area (Å²) in [5, 5.41) is 0.410. The van der Waals surface area contributed by atoms with Crippen LogP contribution in [0.1, 0.15) is 24.8 Å². The third-order valence-electron chi connectivity index (χ3n) is 2.99. The third-order valence-corrected chi connectivity index (χ3v) is 5.01. The largest absolute Gasteiger partial charge is 0.397 e. The molecule has 0 heterocycles. The molecule has 1 aromatic rings. The van der Waals surface area contributed by atoms with Crippen molar-refractivity contribution in [1.82, 2.24) is 4.72 Å². The monoisotopic (exact) mass is 274 g/mol. The van der Waals surface area contributed by atoms with Gasteiger partial charge >= 0.3 is 0 Å². The summed E-state index contributed by atoms with van der Waals surface area (Å²) in [5.74, 6) is 0. The summed E-state index contributed by atoms with van der Waals surface area (Å²) in [6.07, 6.45) is 2.89. The lowest BCUT2D eigenvalue weighted by Gasteiger charge is -2.26. The van der Waals surface area contributed by atoms with Crippen molar-refractivity contribution in [2.24, 2.45) is 0 Å². The molecule has 0 atom stereocenters. The highest BCUT2D eigenvalue weighted by molar-refractivity contribution is 7.89. The Kier molecular flexibility index (Phi) is 3.34. The summed E-state index contributed by atoms with van der Waals surface area (Å²) < 4.78 is 26.7. The first-order valence-corrected chi connectivity index (χ1v) is 7.34. The summed E-state index contributed by atoms with van der Waals surface area (Å²) >= 11 is 5.90. The summed E-state index contributed by atoms with van der Waals surface area (Å²) in [6.45, 7) is 1.74. The molecule has 4 nitrogen and oxygen atoms in total. The minimum Gasteiger partial charge on any atom is -0.397 e. The maximum Gasteiger partial charge on any atom is 0.240 e. The molecular weight excluding hydrogens is 260 g/mol. The molecule has 0 aromatic heterocycles. The minimum atomic E-state index is -3.47. The SMILES string of the molecule is Cc1cc(S(=O)(=O)NC2CCC2)cc(N)c1Cl. The molecule has 3 N–H and O–H groups in total. The topological polar surface area (TPSA) is 72.2 Å². The number of benzene rings is 1. The van der Waals surface area contributed by atoms with Crippen LogP contribution in [-0.4, -0.2) is 14.5 Å². The van der Waals surface area contributed by atoms with E-state index in [1.807, 2.05) is 0 Å². The lowest BCUT2D eigenvalue weighted by Crippen LogP contribution is -2.39. The van der Waals surface area contributed by atoms with E-state index in [0.717, 1.165) is 19.3 Å². The maximum absolute atomic E-state index is 12.0. The molecule has 1 aromatic carbocycles. The highest BCUT2D eigenvalue weighted by Crippen LogP contribution is 2.28. The molecule has 0 aliphatic heterocycles. The van der Waals surface area contributed by atoms with Crippen LogP contribution in [0.25, 0.3) is 0 Å². The van der Waals surface area contributed by atoms with Gasteiger partial charge in [-0.2, -0.15) is 0 Å². The fourth-order valence-electron chi connectivity index (χ4n) is 1.73. The molecule has 2 rings (SSSR count). The van der Waals surface area contributed by atoms with Crippen LogP contribution in [0.2, 0.25) is 5.02 Å². The Balaban J connectivity index is 2.32. The predicted molar refractivity (Wildman–Crippen MR) is 68.6 cm³/mol. The van der Waals surface area contributed by atoms with Crippen molar-refractivity contribution in [3.05, 3.63) is 22.7 Å². The lowest BCUT2D eigenvalue weighted by molar-refractivity contribution is 0.383. The fourth-order valence-corrected chi connectivity index (χ4v) is 3.27. The van der Waals surface area contributed by atoms with E-state index in [1.165, 1.54) is 6.07 Å². The van der Waals surface area contributed by atoms with E-state index >= 15 is 0 Å². The Morgan fingerprint density at radius 2 is 2.06 bits per heavy atom. The summed E-state index contributed by atoms with van der Waals surface area (Å²) in [4.78, 5) is 0.184.